The van der Waals surface area contributed by atoms with E-state index in [0.29, 0.717) is 29.8 Å². The van der Waals surface area contributed by atoms with Gasteiger partial charge in [-0.1, -0.05) is 11.8 Å². The summed E-state index contributed by atoms with van der Waals surface area (Å²) in [6.45, 7) is 4.53. The monoisotopic (exact) mass is 256 g/mol. The molecule has 0 spiro atoms. The number of pyridine rings is 1. The number of ether oxygens (including phenoxy) is 2. The molecule has 94 valence electrons. The second kappa shape index (κ2) is 7.01. The van der Waals surface area contributed by atoms with Gasteiger partial charge in [-0.2, -0.15) is 0 Å². The van der Waals surface area contributed by atoms with Crippen LogP contribution in [0.1, 0.15) is 13.8 Å². The van der Waals surface area contributed by atoms with E-state index in [-0.39, 0.29) is 11.7 Å². The molecule has 0 unspecified atom stereocenters. The molecule has 0 aliphatic carbocycles. The van der Waals surface area contributed by atoms with Gasteiger partial charge >= 0.3 is 5.97 Å². The minimum absolute atomic E-state index is 0.232. The number of nitrogens with two attached hydrogens (primary N) is 1. The molecule has 0 atom stereocenters. The van der Waals surface area contributed by atoms with E-state index in [9.17, 15) is 4.79 Å². The summed E-state index contributed by atoms with van der Waals surface area (Å²) in [7, 11) is 0. The Morgan fingerprint density at radius 2 is 2.18 bits per heavy atom. The summed E-state index contributed by atoms with van der Waals surface area (Å²) in [4.78, 5) is 15.4. The van der Waals surface area contributed by atoms with Crippen molar-refractivity contribution in [3.8, 4) is 5.88 Å². The van der Waals surface area contributed by atoms with Crippen LogP contribution in [0.25, 0.3) is 0 Å². The third-order valence-corrected chi connectivity index (χ3v) is 2.69. The predicted molar refractivity (Wildman–Crippen MR) is 67.2 cm³/mol. The Kier molecular flexibility index (Phi) is 5.62. The highest BCUT2D eigenvalue weighted by Gasteiger charge is 2.07. The van der Waals surface area contributed by atoms with E-state index in [1.165, 1.54) is 11.8 Å². The normalized spacial score (nSPS) is 10.0. The Bertz CT molecular complexity index is 385. The number of aromatic nitrogens is 1. The van der Waals surface area contributed by atoms with Gasteiger partial charge in [0.25, 0.3) is 0 Å². The molecule has 1 aromatic heterocycles. The molecule has 0 fully saturated rings. The quantitative estimate of drug-likeness (QED) is 0.617. The SMILES string of the molecule is CCOC(=O)CSc1ccc(N)c(OCC)n1. The van der Waals surface area contributed by atoms with Crippen LogP contribution in [-0.4, -0.2) is 29.9 Å². The highest BCUT2D eigenvalue weighted by atomic mass is 32.2. The Hall–Kier alpha value is -1.43. The number of nitrogens with zero attached hydrogens (tertiary/aromatic N) is 1. The number of nitrogen functional groups attached to an aromatic ring is 1. The Balaban J connectivity index is 2.59. The first-order valence-corrected chi connectivity index (χ1v) is 6.33. The molecule has 0 aliphatic rings. The number of rotatable bonds is 6. The van der Waals surface area contributed by atoms with E-state index in [1.807, 2.05) is 6.92 Å². The maximum absolute atomic E-state index is 11.2. The number of esters is 1. The summed E-state index contributed by atoms with van der Waals surface area (Å²) >= 11 is 1.30. The molecule has 2 N–H and O–H groups in total. The molecule has 0 radical (unpaired) electrons. The van der Waals surface area contributed by atoms with E-state index in [4.69, 9.17) is 15.2 Å². The van der Waals surface area contributed by atoms with Crippen LogP contribution in [0, 0.1) is 0 Å². The topological polar surface area (TPSA) is 74.4 Å². The smallest absolute Gasteiger partial charge is 0.316 e. The van der Waals surface area contributed by atoms with E-state index < -0.39 is 0 Å². The average molecular weight is 256 g/mol. The number of carbonyl (C=O) groups is 1. The molecule has 0 saturated carbocycles. The van der Waals surface area contributed by atoms with Gasteiger partial charge in [-0.25, -0.2) is 4.98 Å². The van der Waals surface area contributed by atoms with Gasteiger partial charge in [-0.3, -0.25) is 4.79 Å². The molecular weight excluding hydrogens is 240 g/mol. The number of carbonyl (C=O) groups excluding carboxylic acids is 1. The van der Waals surface area contributed by atoms with Crippen LogP contribution in [-0.2, 0) is 9.53 Å². The molecule has 1 heterocycles. The minimum atomic E-state index is -0.255. The Labute approximate surface area is 105 Å². The molecule has 0 bridgehead atoms. The van der Waals surface area contributed by atoms with Crippen LogP contribution in [0.2, 0.25) is 0 Å². The summed E-state index contributed by atoms with van der Waals surface area (Å²) in [5.41, 5.74) is 6.18. The first kappa shape index (κ1) is 13.6. The van der Waals surface area contributed by atoms with Crippen LogP contribution in [0.5, 0.6) is 5.88 Å². The van der Waals surface area contributed by atoms with Crippen molar-refractivity contribution in [2.24, 2.45) is 0 Å². The summed E-state index contributed by atoms with van der Waals surface area (Å²) in [6, 6.07) is 3.47. The zero-order valence-electron chi connectivity index (χ0n) is 9.93. The van der Waals surface area contributed by atoms with Crippen LogP contribution < -0.4 is 10.5 Å². The zero-order chi connectivity index (χ0) is 12.7. The van der Waals surface area contributed by atoms with Crippen LogP contribution in [0.15, 0.2) is 17.2 Å². The van der Waals surface area contributed by atoms with E-state index in [2.05, 4.69) is 4.98 Å². The molecule has 6 heteroatoms. The summed E-state index contributed by atoms with van der Waals surface area (Å²) in [5, 5.41) is 0.690. The van der Waals surface area contributed by atoms with E-state index >= 15 is 0 Å². The highest BCUT2D eigenvalue weighted by molar-refractivity contribution is 7.99. The molecule has 5 nitrogen and oxygen atoms in total. The lowest BCUT2D eigenvalue weighted by Gasteiger charge is -2.07. The molecule has 17 heavy (non-hydrogen) atoms. The van der Waals surface area contributed by atoms with E-state index in [1.54, 1.807) is 19.1 Å². The van der Waals surface area contributed by atoms with Gasteiger partial charge < -0.3 is 15.2 Å². The fourth-order valence-electron chi connectivity index (χ4n) is 1.10. The number of hydrogen-bond donors (Lipinski definition) is 1. The van der Waals surface area contributed by atoms with Crippen molar-refractivity contribution in [3.05, 3.63) is 12.1 Å². The number of anilines is 1. The molecule has 1 aromatic rings. The molecule has 0 aliphatic heterocycles. The fourth-order valence-corrected chi connectivity index (χ4v) is 1.76. The van der Waals surface area contributed by atoms with Crippen LogP contribution >= 0.6 is 11.8 Å². The maximum Gasteiger partial charge on any atom is 0.316 e. The number of thioether (sulfide) groups is 1. The van der Waals surface area contributed by atoms with Crippen LogP contribution in [0.3, 0.4) is 0 Å². The first-order chi connectivity index (χ1) is 8.17. The fraction of sp³-hybridized carbons (Fsp3) is 0.455. The standard InChI is InChI=1S/C11H16N2O3S/c1-3-15-10(14)7-17-9-6-5-8(12)11(13-9)16-4-2/h5-6H,3-4,7,12H2,1-2H3. The second-order valence-corrected chi connectivity index (χ2v) is 4.07. The predicted octanol–water partition coefficient (Wildman–Crippen LogP) is 1.72. The van der Waals surface area contributed by atoms with Gasteiger partial charge in [0.1, 0.15) is 5.03 Å². The van der Waals surface area contributed by atoms with Gasteiger partial charge in [0, 0.05) is 0 Å². The molecule has 0 amide bonds. The summed E-state index contributed by atoms with van der Waals surface area (Å²) < 4.78 is 10.1. The molecular formula is C11H16N2O3S. The van der Waals surface area contributed by atoms with Crippen molar-refractivity contribution in [2.45, 2.75) is 18.9 Å². The Morgan fingerprint density at radius 1 is 1.41 bits per heavy atom. The van der Waals surface area contributed by atoms with Gasteiger partial charge in [-0.15, -0.1) is 0 Å². The lowest BCUT2D eigenvalue weighted by molar-refractivity contribution is -0.139. The third kappa shape index (κ3) is 4.52. The van der Waals surface area contributed by atoms with Crippen molar-refractivity contribution in [1.29, 1.82) is 0 Å². The Morgan fingerprint density at radius 3 is 2.82 bits per heavy atom. The van der Waals surface area contributed by atoms with Crippen molar-refractivity contribution < 1.29 is 14.3 Å². The van der Waals surface area contributed by atoms with Crippen molar-refractivity contribution >= 4 is 23.4 Å². The highest BCUT2D eigenvalue weighted by Crippen LogP contribution is 2.24. The van der Waals surface area contributed by atoms with Crippen molar-refractivity contribution in [1.82, 2.24) is 4.98 Å². The second-order valence-electron chi connectivity index (χ2n) is 3.07. The van der Waals surface area contributed by atoms with Crippen LogP contribution in [0.4, 0.5) is 5.69 Å². The van der Waals surface area contributed by atoms with E-state index in [0.717, 1.165) is 0 Å². The average Bonchev–Trinajstić information content (AvgIpc) is 2.31. The van der Waals surface area contributed by atoms with Gasteiger partial charge in [0.15, 0.2) is 0 Å². The maximum atomic E-state index is 11.2. The number of hydrogen-bond acceptors (Lipinski definition) is 6. The lowest BCUT2D eigenvalue weighted by Crippen LogP contribution is -2.07. The van der Waals surface area contributed by atoms with Crippen molar-refractivity contribution in [2.75, 3.05) is 24.7 Å². The molecule has 0 aromatic carbocycles. The minimum Gasteiger partial charge on any atom is -0.476 e. The third-order valence-electron chi connectivity index (χ3n) is 1.79. The van der Waals surface area contributed by atoms with Gasteiger partial charge in [-0.05, 0) is 26.0 Å². The summed E-state index contributed by atoms with van der Waals surface area (Å²) in [6.07, 6.45) is 0. The summed E-state index contributed by atoms with van der Waals surface area (Å²) in [5.74, 6) is 0.381. The first-order valence-electron chi connectivity index (χ1n) is 5.35. The zero-order valence-corrected chi connectivity index (χ0v) is 10.8. The largest absolute Gasteiger partial charge is 0.476 e. The molecule has 0 saturated heterocycles. The lowest BCUT2D eigenvalue weighted by atomic mass is 10.4. The molecule has 1 rings (SSSR count). The van der Waals surface area contributed by atoms with Gasteiger partial charge in [0.2, 0.25) is 5.88 Å². The van der Waals surface area contributed by atoms with Crippen molar-refractivity contribution in [3.63, 3.8) is 0 Å². The van der Waals surface area contributed by atoms with Gasteiger partial charge in [0.05, 0.1) is 24.7 Å².